The fraction of sp³-hybridized carbons (Fsp3) is 0.500. The van der Waals surface area contributed by atoms with Crippen LogP contribution in [0.15, 0.2) is 18.2 Å². The third kappa shape index (κ3) is 2.78. The Morgan fingerprint density at radius 1 is 1.47 bits per heavy atom. The normalized spacial score (nSPS) is 20.8. The number of anilines is 1. The second-order valence-corrected chi connectivity index (χ2v) is 4.59. The average molecular weight is 230 g/mol. The number of benzene rings is 1. The quantitative estimate of drug-likeness (QED) is 0.743. The summed E-state index contributed by atoms with van der Waals surface area (Å²) >= 11 is 0. The van der Waals surface area contributed by atoms with Crippen LogP contribution in [-0.4, -0.2) is 25.8 Å². The maximum atomic E-state index is 8.87. The molecule has 0 aromatic heterocycles. The van der Waals surface area contributed by atoms with Gasteiger partial charge in [-0.25, -0.2) is 0 Å². The Morgan fingerprint density at radius 2 is 2.29 bits per heavy atom. The highest BCUT2D eigenvalue weighted by atomic mass is 16.5. The van der Waals surface area contributed by atoms with Gasteiger partial charge in [-0.3, -0.25) is 0 Å². The Balaban J connectivity index is 2.24. The van der Waals surface area contributed by atoms with Crippen LogP contribution in [0.2, 0.25) is 0 Å². The molecule has 1 aliphatic rings. The minimum atomic E-state index is 0.271. The summed E-state index contributed by atoms with van der Waals surface area (Å²) < 4.78 is 5.65. The van der Waals surface area contributed by atoms with Gasteiger partial charge in [0.05, 0.1) is 17.7 Å². The van der Waals surface area contributed by atoms with Gasteiger partial charge in [0.2, 0.25) is 0 Å². The minimum absolute atomic E-state index is 0.271. The van der Waals surface area contributed by atoms with E-state index in [1.54, 1.807) is 0 Å². The molecule has 1 aliphatic heterocycles. The number of hydrogen-bond acceptors (Lipinski definition) is 3. The van der Waals surface area contributed by atoms with Gasteiger partial charge in [-0.1, -0.05) is 0 Å². The van der Waals surface area contributed by atoms with Gasteiger partial charge in [0.1, 0.15) is 0 Å². The summed E-state index contributed by atoms with van der Waals surface area (Å²) in [5.74, 6) is 0. The standard InChI is InChI=1S/C14H18N2O/c1-11-8-13(9-15)4-5-14(11)16-6-3-7-17-12(2)10-16/h4-5,8,12H,3,6-7,10H2,1-2H3. The van der Waals surface area contributed by atoms with Crippen molar-refractivity contribution < 1.29 is 4.74 Å². The molecular formula is C14H18N2O. The van der Waals surface area contributed by atoms with Crippen LogP contribution in [0.3, 0.4) is 0 Å². The van der Waals surface area contributed by atoms with Crippen LogP contribution in [0.25, 0.3) is 0 Å². The number of aryl methyl sites for hydroxylation is 1. The Morgan fingerprint density at radius 3 is 3.00 bits per heavy atom. The van der Waals surface area contributed by atoms with E-state index in [1.165, 1.54) is 5.69 Å². The third-order valence-corrected chi connectivity index (χ3v) is 3.12. The molecule has 0 amide bonds. The molecule has 1 unspecified atom stereocenters. The molecule has 0 aliphatic carbocycles. The van der Waals surface area contributed by atoms with E-state index in [2.05, 4.69) is 24.8 Å². The fourth-order valence-corrected chi connectivity index (χ4v) is 2.29. The van der Waals surface area contributed by atoms with E-state index in [1.807, 2.05) is 18.2 Å². The first-order valence-electron chi connectivity index (χ1n) is 6.08. The summed E-state index contributed by atoms with van der Waals surface area (Å²) in [7, 11) is 0. The molecule has 3 heteroatoms. The van der Waals surface area contributed by atoms with Gasteiger partial charge < -0.3 is 9.64 Å². The molecule has 3 nitrogen and oxygen atoms in total. The monoisotopic (exact) mass is 230 g/mol. The molecule has 0 bridgehead atoms. The van der Waals surface area contributed by atoms with Crippen molar-refractivity contribution >= 4 is 5.69 Å². The maximum absolute atomic E-state index is 8.87. The summed E-state index contributed by atoms with van der Waals surface area (Å²) in [4.78, 5) is 2.36. The van der Waals surface area contributed by atoms with Gasteiger partial charge in [-0.05, 0) is 44.0 Å². The Labute approximate surface area is 103 Å². The third-order valence-electron chi connectivity index (χ3n) is 3.12. The topological polar surface area (TPSA) is 36.3 Å². The van der Waals surface area contributed by atoms with E-state index in [0.717, 1.165) is 37.2 Å². The molecule has 1 atom stereocenters. The molecule has 1 aromatic carbocycles. The van der Waals surface area contributed by atoms with Crippen LogP contribution >= 0.6 is 0 Å². The number of nitriles is 1. The summed E-state index contributed by atoms with van der Waals surface area (Å²) in [6, 6.07) is 8.06. The number of hydrogen-bond donors (Lipinski definition) is 0. The Kier molecular flexibility index (Phi) is 3.65. The van der Waals surface area contributed by atoms with E-state index >= 15 is 0 Å². The van der Waals surface area contributed by atoms with Crippen LogP contribution < -0.4 is 4.90 Å². The zero-order valence-corrected chi connectivity index (χ0v) is 10.4. The van der Waals surface area contributed by atoms with Gasteiger partial charge in [-0.2, -0.15) is 5.26 Å². The second-order valence-electron chi connectivity index (χ2n) is 4.59. The molecular weight excluding hydrogens is 212 g/mol. The molecule has 0 radical (unpaired) electrons. The van der Waals surface area contributed by atoms with Gasteiger partial charge in [0, 0.05) is 25.4 Å². The SMILES string of the molecule is Cc1cc(C#N)ccc1N1CCCOC(C)C1. The van der Waals surface area contributed by atoms with Crippen LogP contribution in [0.5, 0.6) is 0 Å². The second kappa shape index (κ2) is 5.20. The van der Waals surface area contributed by atoms with Gasteiger partial charge in [0.25, 0.3) is 0 Å². The maximum Gasteiger partial charge on any atom is 0.0991 e. The summed E-state index contributed by atoms with van der Waals surface area (Å²) in [6.45, 7) is 6.96. The van der Waals surface area contributed by atoms with Crippen molar-refractivity contribution in [3.63, 3.8) is 0 Å². The van der Waals surface area contributed by atoms with Gasteiger partial charge in [0.15, 0.2) is 0 Å². The van der Waals surface area contributed by atoms with E-state index in [-0.39, 0.29) is 6.10 Å². The number of nitrogens with zero attached hydrogens (tertiary/aromatic N) is 2. The Bertz CT molecular complexity index is 436. The van der Waals surface area contributed by atoms with E-state index < -0.39 is 0 Å². The van der Waals surface area contributed by atoms with Crippen molar-refractivity contribution in [1.29, 1.82) is 5.26 Å². The van der Waals surface area contributed by atoms with Crippen molar-refractivity contribution in [2.24, 2.45) is 0 Å². The van der Waals surface area contributed by atoms with E-state index in [0.29, 0.717) is 0 Å². The fourth-order valence-electron chi connectivity index (χ4n) is 2.29. The zero-order chi connectivity index (χ0) is 12.3. The average Bonchev–Trinajstić information content (AvgIpc) is 2.53. The summed E-state index contributed by atoms with van der Waals surface area (Å²) in [5.41, 5.74) is 3.12. The zero-order valence-electron chi connectivity index (χ0n) is 10.4. The van der Waals surface area contributed by atoms with Crippen molar-refractivity contribution in [3.8, 4) is 6.07 Å². The van der Waals surface area contributed by atoms with Crippen molar-refractivity contribution in [2.75, 3.05) is 24.6 Å². The molecule has 1 aromatic rings. The first-order valence-corrected chi connectivity index (χ1v) is 6.08. The summed E-state index contributed by atoms with van der Waals surface area (Å²) in [6.07, 6.45) is 1.33. The smallest absolute Gasteiger partial charge is 0.0991 e. The van der Waals surface area contributed by atoms with Crippen LogP contribution in [-0.2, 0) is 4.74 Å². The molecule has 90 valence electrons. The van der Waals surface area contributed by atoms with Gasteiger partial charge in [-0.15, -0.1) is 0 Å². The van der Waals surface area contributed by atoms with Gasteiger partial charge >= 0.3 is 0 Å². The predicted molar refractivity (Wildman–Crippen MR) is 68.1 cm³/mol. The first kappa shape index (κ1) is 11.9. The molecule has 2 rings (SSSR count). The summed E-state index contributed by atoms with van der Waals surface area (Å²) in [5, 5.41) is 8.87. The highest BCUT2D eigenvalue weighted by molar-refractivity contribution is 5.56. The molecule has 1 fully saturated rings. The highest BCUT2D eigenvalue weighted by Gasteiger charge is 2.16. The lowest BCUT2D eigenvalue weighted by Gasteiger charge is -2.26. The predicted octanol–water partition coefficient (Wildman–Crippen LogP) is 2.48. The first-order chi connectivity index (χ1) is 8.20. The van der Waals surface area contributed by atoms with E-state index in [9.17, 15) is 0 Å². The van der Waals surface area contributed by atoms with Crippen molar-refractivity contribution in [3.05, 3.63) is 29.3 Å². The van der Waals surface area contributed by atoms with E-state index in [4.69, 9.17) is 10.00 Å². The van der Waals surface area contributed by atoms with Crippen LogP contribution in [0.1, 0.15) is 24.5 Å². The largest absolute Gasteiger partial charge is 0.377 e. The Hall–Kier alpha value is -1.53. The van der Waals surface area contributed by atoms with Crippen molar-refractivity contribution in [1.82, 2.24) is 0 Å². The lowest BCUT2D eigenvalue weighted by Crippen LogP contribution is -2.30. The van der Waals surface area contributed by atoms with Crippen LogP contribution in [0, 0.1) is 18.3 Å². The van der Waals surface area contributed by atoms with Crippen LogP contribution in [0.4, 0.5) is 5.69 Å². The molecule has 1 heterocycles. The lowest BCUT2D eigenvalue weighted by atomic mass is 10.1. The molecule has 1 saturated heterocycles. The van der Waals surface area contributed by atoms with Crippen molar-refractivity contribution in [2.45, 2.75) is 26.4 Å². The molecule has 17 heavy (non-hydrogen) atoms. The highest BCUT2D eigenvalue weighted by Crippen LogP contribution is 2.23. The lowest BCUT2D eigenvalue weighted by molar-refractivity contribution is 0.0821. The molecule has 0 spiro atoms. The number of ether oxygens (including phenoxy) is 1. The number of rotatable bonds is 1. The molecule has 0 N–H and O–H groups in total. The minimum Gasteiger partial charge on any atom is -0.377 e. The molecule has 0 saturated carbocycles.